The normalized spacial score (nSPS) is 10.7. The van der Waals surface area contributed by atoms with E-state index in [4.69, 9.17) is 4.74 Å². The monoisotopic (exact) mass is 284 g/mol. The Labute approximate surface area is 112 Å². The Hall–Kier alpha value is -2.31. The summed E-state index contributed by atoms with van der Waals surface area (Å²) < 4.78 is 44.6. The zero-order valence-electron chi connectivity index (χ0n) is 10.8. The van der Waals surface area contributed by atoms with E-state index >= 15 is 0 Å². The van der Waals surface area contributed by atoms with Crippen molar-refractivity contribution in [1.82, 2.24) is 10.2 Å². The summed E-state index contributed by atoms with van der Waals surface area (Å²) in [5.74, 6) is -4.76. The number of ether oxygens (including phenoxy) is 1. The number of aromatic amines is 1. The summed E-state index contributed by atoms with van der Waals surface area (Å²) in [6.07, 6.45) is 0. The molecule has 7 heteroatoms. The van der Waals surface area contributed by atoms with Gasteiger partial charge >= 0.3 is 5.97 Å². The van der Waals surface area contributed by atoms with Crippen LogP contribution in [-0.2, 0) is 4.74 Å². The van der Waals surface area contributed by atoms with Gasteiger partial charge in [0, 0.05) is 5.56 Å². The summed E-state index contributed by atoms with van der Waals surface area (Å²) in [4.78, 5) is 11.5. The minimum atomic E-state index is -1.53. The lowest BCUT2D eigenvalue weighted by atomic mass is 10.0. The van der Waals surface area contributed by atoms with Gasteiger partial charge in [-0.2, -0.15) is 5.10 Å². The van der Waals surface area contributed by atoms with Crippen molar-refractivity contribution in [2.75, 3.05) is 6.61 Å². The molecule has 0 saturated carbocycles. The van der Waals surface area contributed by atoms with Gasteiger partial charge in [0.1, 0.15) is 5.69 Å². The molecule has 0 fully saturated rings. The molecule has 4 nitrogen and oxygen atoms in total. The number of nitrogens with zero attached hydrogens (tertiary/aromatic N) is 1. The molecule has 0 aliphatic carbocycles. The van der Waals surface area contributed by atoms with Crippen molar-refractivity contribution in [3.8, 4) is 11.3 Å². The van der Waals surface area contributed by atoms with E-state index in [2.05, 4.69) is 10.2 Å². The molecule has 0 aliphatic rings. The van der Waals surface area contributed by atoms with E-state index in [1.165, 1.54) is 13.0 Å². The number of hydrogen-bond donors (Lipinski definition) is 1. The van der Waals surface area contributed by atoms with Crippen LogP contribution in [0.5, 0.6) is 0 Å². The van der Waals surface area contributed by atoms with Gasteiger partial charge in [-0.05, 0) is 31.5 Å². The molecule has 0 amide bonds. The number of rotatable bonds is 3. The molecule has 106 valence electrons. The van der Waals surface area contributed by atoms with Crippen molar-refractivity contribution < 1.29 is 22.7 Å². The van der Waals surface area contributed by atoms with Gasteiger partial charge in [-0.3, -0.25) is 5.10 Å². The summed E-state index contributed by atoms with van der Waals surface area (Å²) in [7, 11) is 0. The fourth-order valence-electron chi connectivity index (χ4n) is 1.73. The number of H-pyrrole nitrogens is 1. The number of nitrogens with one attached hydrogen (secondary N) is 1. The summed E-state index contributed by atoms with van der Waals surface area (Å²) in [5, 5.41) is 6.19. The van der Waals surface area contributed by atoms with Crippen LogP contribution in [0, 0.1) is 24.4 Å². The Morgan fingerprint density at radius 1 is 1.30 bits per heavy atom. The second kappa shape index (κ2) is 5.36. The van der Waals surface area contributed by atoms with E-state index in [-0.39, 0.29) is 29.1 Å². The number of carbonyl (C=O) groups is 1. The lowest BCUT2D eigenvalue weighted by Crippen LogP contribution is -2.04. The fourth-order valence-corrected chi connectivity index (χ4v) is 1.73. The van der Waals surface area contributed by atoms with Gasteiger partial charge in [0.05, 0.1) is 12.3 Å². The van der Waals surface area contributed by atoms with Gasteiger partial charge < -0.3 is 4.74 Å². The van der Waals surface area contributed by atoms with Crippen LogP contribution in [0.15, 0.2) is 12.1 Å². The SMILES string of the molecule is CCOC(=O)c1cc(-c2cc(F)c(F)c(F)c2C)n[nH]1. The van der Waals surface area contributed by atoms with Crippen LogP contribution in [0.3, 0.4) is 0 Å². The van der Waals surface area contributed by atoms with E-state index < -0.39 is 23.4 Å². The van der Waals surface area contributed by atoms with Crippen LogP contribution in [-0.4, -0.2) is 22.8 Å². The van der Waals surface area contributed by atoms with Crippen LogP contribution in [0.1, 0.15) is 23.0 Å². The van der Waals surface area contributed by atoms with Gasteiger partial charge in [0.25, 0.3) is 0 Å². The first-order valence-electron chi connectivity index (χ1n) is 5.82. The van der Waals surface area contributed by atoms with Gasteiger partial charge in [0.15, 0.2) is 17.5 Å². The Kier molecular flexibility index (Phi) is 3.78. The third-order valence-corrected chi connectivity index (χ3v) is 2.76. The Bertz CT molecular complexity index is 668. The highest BCUT2D eigenvalue weighted by Crippen LogP contribution is 2.27. The molecule has 0 unspecified atom stereocenters. The predicted molar refractivity (Wildman–Crippen MR) is 64.6 cm³/mol. The van der Waals surface area contributed by atoms with E-state index in [1.807, 2.05) is 0 Å². The average Bonchev–Trinajstić information content (AvgIpc) is 2.90. The van der Waals surface area contributed by atoms with Crippen molar-refractivity contribution >= 4 is 5.97 Å². The molecule has 1 heterocycles. The van der Waals surface area contributed by atoms with Gasteiger partial charge in [-0.25, -0.2) is 18.0 Å². The molecular formula is C13H11F3N2O2. The van der Waals surface area contributed by atoms with Crippen LogP contribution < -0.4 is 0 Å². The number of halogens is 3. The first kappa shape index (κ1) is 14.1. The summed E-state index contributed by atoms with van der Waals surface area (Å²) >= 11 is 0. The molecule has 0 spiro atoms. The standard InChI is InChI=1S/C13H11F3N2O2/c1-3-20-13(19)10-5-9(17-18-10)7-4-8(14)12(16)11(15)6(7)2/h4-5H,3H2,1-2H3,(H,17,18). The Morgan fingerprint density at radius 3 is 2.65 bits per heavy atom. The lowest BCUT2D eigenvalue weighted by Gasteiger charge is -2.05. The second-order valence-corrected chi connectivity index (χ2v) is 4.05. The molecule has 0 aliphatic heterocycles. The van der Waals surface area contributed by atoms with E-state index in [1.54, 1.807) is 6.92 Å². The summed E-state index contributed by atoms with van der Waals surface area (Å²) in [5.41, 5.74) is 0.147. The van der Waals surface area contributed by atoms with Crippen molar-refractivity contribution in [2.24, 2.45) is 0 Å². The quantitative estimate of drug-likeness (QED) is 0.696. The highest BCUT2D eigenvalue weighted by molar-refractivity contribution is 5.88. The summed E-state index contributed by atoms with van der Waals surface area (Å²) in [6, 6.07) is 2.12. The number of aromatic nitrogens is 2. The molecule has 0 saturated heterocycles. The van der Waals surface area contributed by atoms with Crippen LogP contribution in [0.4, 0.5) is 13.2 Å². The van der Waals surface area contributed by atoms with Crippen LogP contribution >= 0.6 is 0 Å². The van der Waals surface area contributed by atoms with E-state index in [0.29, 0.717) is 0 Å². The van der Waals surface area contributed by atoms with Crippen molar-refractivity contribution in [3.63, 3.8) is 0 Å². The smallest absolute Gasteiger partial charge is 0.356 e. The molecule has 20 heavy (non-hydrogen) atoms. The van der Waals surface area contributed by atoms with E-state index in [0.717, 1.165) is 6.07 Å². The number of hydrogen-bond acceptors (Lipinski definition) is 3. The zero-order chi connectivity index (χ0) is 14.9. The Balaban J connectivity index is 2.45. The highest BCUT2D eigenvalue weighted by Gasteiger charge is 2.19. The first-order chi connectivity index (χ1) is 9.45. The van der Waals surface area contributed by atoms with Gasteiger partial charge in [0.2, 0.25) is 0 Å². The topological polar surface area (TPSA) is 55.0 Å². The number of carbonyl (C=O) groups excluding carboxylic acids is 1. The molecular weight excluding hydrogens is 273 g/mol. The maximum absolute atomic E-state index is 13.5. The summed E-state index contributed by atoms with van der Waals surface area (Å²) in [6.45, 7) is 3.13. The average molecular weight is 284 g/mol. The van der Waals surface area contributed by atoms with Gasteiger partial charge in [-0.15, -0.1) is 0 Å². The lowest BCUT2D eigenvalue weighted by molar-refractivity contribution is 0.0519. The molecule has 2 aromatic rings. The minimum Gasteiger partial charge on any atom is -0.461 e. The minimum absolute atomic E-state index is 0.0476. The van der Waals surface area contributed by atoms with Crippen molar-refractivity contribution in [1.29, 1.82) is 0 Å². The number of esters is 1. The molecule has 1 aromatic carbocycles. The third kappa shape index (κ3) is 2.38. The zero-order valence-corrected chi connectivity index (χ0v) is 10.8. The van der Waals surface area contributed by atoms with Crippen molar-refractivity contribution in [3.05, 3.63) is 40.8 Å². The van der Waals surface area contributed by atoms with Crippen molar-refractivity contribution in [2.45, 2.75) is 13.8 Å². The van der Waals surface area contributed by atoms with Crippen LogP contribution in [0.2, 0.25) is 0 Å². The van der Waals surface area contributed by atoms with Gasteiger partial charge in [-0.1, -0.05) is 0 Å². The largest absolute Gasteiger partial charge is 0.461 e. The second-order valence-electron chi connectivity index (χ2n) is 4.05. The third-order valence-electron chi connectivity index (χ3n) is 2.76. The molecule has 1 aromatic heterocycles. The predicted octanol–water partition coefficient (Wildman–Crippen LogP) is 2.98. The number of benzene rings is 1. The molecule has 0 radical (unpaired) electrons. The fraction of sp³-hybridized carbons (Fsp3) is 0.231. The Morgan fingerprint density at radius 2 is 2.00 bits per heavy atom. The van der Waals surface area contributed by atoms with Crippen LogP contribution in [0.25, 0.3) is 11.3 Å². The molecule has 1 N–H and O–H groups in total. The maximum atomic E-state index is 13.5. The first-order valence-corrected chi connectivity index (χ1v) is 5.82. The maximum Gasteiger partial charge on any atom is 0.356 e. The molecule has 0 bridgehead atoms. The highest BCUT2D eigenvalue weighted by atomic mass is 19.2. The molecule has 0 atom stereocenters. The molecule has 2 rings (SSSR count). The van der Waals surface area contributed by atoms with E-state index in [9.17, 15) is 18.0 Å².